The Hall–Kier alpha value is -11.3. The first-order valence-electron chi connectivity index (χ1n) is 29.2. The number of para-hydroxylation sites is 2. The van der Waals surface area contributed by atoms with Crippen LogP contribution in [0, 0.1) is 6.92 Å². The molecular formula is C79H40N2O4. The summed E-state index contributed by atoms with van der Waals surface area (Å²) in [4.78, 5) is 0. The summed E-state index contributed by atoms with van der Waals surface area (Å²) in [6, 6.07) is 82.3. The Kier molecular flexibility index (Phi) is 7.57. The Morgan fingerprint density at radius 1 is 0.224 bits per heavy atom. The molecule has 0 aliphatic carbocycles. The molecule has 0 unspecified atom stereocenters. The van der Waals surface area contributed by atoms with E-state index in [9.17, 15) is 0 Å². The van der Waals surface area contributed by atoms with E-state index in [1.54, 1.807) is 0 Å². The molecule has 6 heteroatoms. The molecule has 0 radical (unpaired) electrons. The normalized spacial score (nSPS) is 13.0. The number of rotatable bonds is 2. The summed E-state index contributed by atoms with van der Waals surface area (Å²) >= 11 is 0. The lowest BCUT2D eigenvalue weighted by Gasteiger charge is -2.12. The summed E-state index contributed by atoms with van der Waals surface area (Å²) < 4.78 is 33.0. The topological polar surface area (TPSA) is 61.4 Å². The summed E-state index contributed by atoms with van der Waals surface area (Å²) in [5.41, 5.74) is 19.2. The Balaban J connectivity index is 0.788. The van der Waals surface area contributed by atoms with Gasteiger partial charge in [-0.15, -0.1) is 0 Å². The maximum atomic E-state index is 7.23. The molecule has 0 bridgehead atoms. The number of furan rings is 4. The number of benzene rings is 14. The van der Waals surface area contributed by atoms with Crippen molar-refractivity contribution >= 4 is 196 Å². The summed E-state index contributed by atoms with van der Waals surface area (Å²) in [5, 5.41) is 25.7. The van der Waals surface area contributed by atoms with Gasteiger partial charge in [-0.05, 0) is 152 Å². The third kappa shape index (κ3) is 5.18. The van der Waals surface area contributed by atoms with Crippen LogP contribution in [0.4, 0.5) is 0 Å². The third-order valence-corrected chi connectivity index (χ3v) is 19.5. The van der Waals surface area contributed by atoms with Crippen molar-refractivity contribution in [3.05, 3.63) is 230 Å². The Morgan fingerprint density at radius 2 is 0.588 bits per heavy atom. The Bertz CT molecular complexity index is 6820. The monoisotopic (exact) mass is 1080 g/mol. The highest BCUT2D eigenvalue weighted by atomic mass is 16.3. The standard InChI is InChI=1S/C79H40N2O4/c1-39-33-61-51-24-28-55-49-15-6-8-18-65(49)82-76(55)72(51)80-70(61)62(34-39)52-27-31-58-69-43(17-10-20-68(69)85-79(58)75(52)80)41-22-32-67-60(36-41)57-30-26-54-64-38-42(40-21-23-48-46-13-3-2-11-44(46)45-12-4-5-14-47(45)59(48)35-40)37-63-53-25-29-56-50-16-7-9-19-66(50)83-77(56)73(53)81(71(63)64)74(54)78(57)84-67/h2-38H,1H3. The van der Waals surface area contributed by atoms with Crippen LogP contribution in [0.1, 0.15) is 5.56 Å². The van der Waals surface area contributed by atoms with Crippen molar-refractivity contribution in [2.75, 3.05) is 0 Å². The van der Waals surface area contributed by atoms with Crippen LogP contribution in [-0.2, 0) is 0 Å². The Morgan fingerprint density at radius 3 is 1.14 bits per heavy atom. The number of hydrogen-bond acceptors (Lipinski definition) is 4. The second-order valence-electron chi connectivity index (χ2n) is 23.8. The van der Waals surface area contributed by atoms with Gasteiger partial charge in [0.2, 0.25) is 0 Å². The summed E-state index contributed by atoms with van der Waals surface area (Å²) in [7, 11) is 0. The van der Waals surface area contributed by atoms with E-state index in [-0.39, 0.29) is 0 Å². The zero-order valence-electron chi connectivity index (χ0n) is 45.4. The number of hydrogen-bond donors (Lipinski definition) is 0. The first kappa shape index (κ1) is 43.4. The maximum absolute atomic E-state index is 7.23. The van der Waals surface area contributed by atoms with Gasteiger partial charge in [0.1, 0.15) is 22.3 Å². The predicted molar refractivity (Wildman–Crippen MR) is 353 cm³/mol. The van der Waals surface area contributed by atoms with E-state index >= 15 is 0 Å². The summed E-state index contributed by atoms with van der Waals surface area (Å²) in [5.74, 6) is 0. The minimum absolute atomic E-state index is 0.830. The SMILES string of the molecule is Cc1cc2c3ccc4c5ccccc5oc4c3n3c2c(c1)c1ccc2c(oc4cccc(-c5ccc6oc7c(ccc8c9cc(-c%10ccc%11c%12ccccc%12c%12ccccc%12c%11c%10)cc%10c%11ccc%12c%13ccccc%13oc%12c%11n(c%109)c87)c6c5)c42)c13. The molecule has 0 amide bonds. The van der Waals surface area contributed by atoms with Crippen molar-refractivity contribution in [3.8, 4) is 22.3 Å². The van der Waals surface area contributed by atoms with Gasteiger partial charge in [0.25, 0.3) is 0 Å². The van der Waals surface area contributed by atoms with Gasteiger partial charge in [0.05, 0.1) is 33.1 Å². The van der Waals surface area contributed by atoms with E-state index in [1.807, 2.05) is 6.07 Å². The molecule has 0 saturated heterocycles. The predicted octanol–water partition coefficient (Wildman–Crippen LogP) is 22.7. The number of aromatic nitrogens is 2. The fourth-order valence-corrected chi connectivity index (χ4v) is 16.1. The molecule has 390 valence electrons. The summed E-state index contributed by atoms with van der Waals surface area (Å²) in [6.07, 6.45) is 0. The highest BCUT2D eigenvalue weighted by molar-refractivity contribution is 6.35. The second-order valence-corrected chi connectivity index (χ2v) is 23.8. The zero-order valence-corrected chi connectivity index (χ0v) is 45.4. The van der Waals surface area contributed by atoms with Crippen LogP contribution in [0.3, 0.4) is 0 Å². The van der Waals surface area contributed by atoms with Gasteiger partial charge >= 0.3 is 0 Å². The van der Waals surface area contributed by atoms with Crippen LogP contribution < -0.4 is 0 Å². The second kappa shape index (κ2) is 14.8. The van der Waals surface area contributed by atoms with Crippen molar-refractivity contribution in [1.82, 2.24) is 8.80 Å². The lowest BCUT2D eigenvalue weighted by Crippen LogP contribution is -1.85. The molecule has 8 aromatic heterocycles. The lowest BCUT2D eigenvalue weighted by molar-refractivity contribution is 0.669. The van der Waals surface area contributed by atoms with Crippen LogP contribution in [-0.4, -0.2) is 8.80 Å². The van der Waals surface area contributed by atoms with Gasteiger partial charge in [0.15, 0.2) is 22.3 Å². The first-order valence-corrected chi connectivity index (χ1v) is 29.2. The van der Waals surface area contributed by atoms with Gasteiger partial charge in [-0.25, -0.2) is 0 Å². The first-order chi connectivity index (χ1) is 42.1. The minimum atomic E-state index is 0.830. The highest BCUT2D eigenvalue weighted by Gasteiger charge is 2.29. The van der Waals surface area contributed by atoms with Crippen molar-refractivity contribution in [1.29, 1.82) is 0 Å². The largest absolute Gasteiger partial charge is 0.454 e. The van der Waals surface area contributed by atoms with Crippen molar-refractivity contribution in [2.24, 2.45) is 0 Å². The van der Waals surface area contributed by atoms with Gasteiger partial charge in [-0.3, -0.25) is 0 Å². The van der Waals surface area contributed by atoms with Gasteiger partial charge in [0, 0.05) is 86.2 Å². The van der Waals surface area contributed by atoms with E-state index in [1.165, 1.54) is 75.9 Å². The molecule has 22 aromatic rings. The molecular weight excluding hydrogens is 1040 g/mol. The third-order valence-electron chi connectivity index (χ3n) is 19.5. The van der Waals surface area contributed by atoms with Crippen molar-refractivity contribution < 1.29 is 17.7 Å². The fourth-order valence-electron chi connectivity index (χ4n) is 16.1. The van der Waals surface area contributed by atoms with Crippen LogP contribution >= 0.6 is 0 Å². The quantitative estimate of drug-likeness (QED) is 0.162. The van der Waals surface area contributed by atoms with Crippen molar-refractivity contribution in [3.63, 3.8) is 0 Å². The number of nitrogens with zero attached hydrogens (tertiary/aromatic N) is 2. The minimum Gasteiger partial charge on any atom is -0.454 e. The average Bonchev–Trinajstić information content (AvgIpc) is 1.60. The van der Waals surface area contributed by atoms with E-state index in [4.69, 9.17) is 17.7 Å². The molecule has 0 N–H and O–H groups in total. The summed E-state index contributed by atoms with van der Waals surface area (Å²) in [6.45, 7) is 2.20. The number of fused-ring (bicyclic) bond motifs is 34. The van der Waals surface area contributed by atoms with E-state index in [0.29, 0.717) is 0 Å². The van der Waals surface area contributed by atoms with Crippen LogP contribution in [0.15, 0.2) is 242 Å². The molecule has 0 aliphatic rings. The molecule has 0 spiro atoms. The zero-order chi connectivity index (χ0) is 54.8. The molecule has 0 atom stereocenters. The van der Waals surface area contributed by atoms with Crippen LogP contribution in [0.2, 0.25) is 0 Å². The molecule has 0 fully saturated rings. The van der Waals surface area contributed by atoms with Gasteiger partial charge < -0.3 is 26.5 Å². The van der Waals surface area contributed by atoms with Crippen molar-refractivity contribution in [2.45, 2.75) is 6.92 Å². The average molecular weight is 1080 g/mol. The molecule has 8 heterocycles. The smallest absolute Gasteiger partial charge is 0.160 e. The van der Waals surface area contributed by atoms with E-state index in [2.05, 4.69) is 234 Å². The maximum Gasteiger partial charge on any atom is 0.160 e. The van der Waals surface area contributed by atoms with Crippen LogP contribution in [0.25, 0.3) is 219 Å². The van der Waals surface area contributed by atoms with E-state index in [0.717, 1.165) is 148 Å². The molecule has 0 saturated carbocycles. The van der Waals surface area contributed by atoms with Gasteiger partial charge in [-0.1, -0.05) is 140 Å². The number of aryl methyl sites for hydroxylation is 1. The lowest BCUT2D eigenvalue weighted by atomic mass is 9.91. The molecule has 0 aliphatic heterocycles. The van der Waals surface area contributed by atoms with Gasteiger partial charge in [-0.2, -0.15) is 0 Å². The van der Waals surface area contributed by atoms with Crippen LogP contribution in [0.5, 0.6) is 0 Å². The molecule has 14 aromatic carbocycles. The molecule has 6 nitrogen and oxygen atoms in total. The Labute approximate surface area is 479 Å². The highest BCUT2D eigenvalue weighted by Crippen LogP contribution is 2.51. The molecule has 22 rings (SSSR count). The fraction of sp³-hybridized carbons (Fsp3) is 0.0127. The molecule has 85 heavy (non-hydrogen) atoms. The van der Waals surface area contributed by atoms with E-state index < -0.39 is 0 Å².